The summed E-state index contributed by atoms with van der Waals surface area (Å²) in [6.07, 6.45) is 9.02. The van der Waals surface area contributed by atoms with E-state index in [9.17, 15) is 4.79 Å². The molecular formula is C23H31BrNOP. The Morgan fingerprint density at radius 3 is 2.11 bits per heavy atom. The molecule has 0 bridgehead atoms. The minimum atomic E-state index is -2.32. The maximum atomic E-state index is 13.2. The molecule has 1 saturated heterocycles. The molecule has 1 N–H and O–H groups in total. The van der Waals surface area contributed by atoms with Crippen LogP contribution in [0.1, 0.15) is 42.4 Å². The van der Waals surface area contributed by atoms with E-state index in [4.69, 9.17) is 0 Å². The summed E-state index contributed by atoms with van der Waals surface area (Å²) in [4.78, 5) is 13.2. The first-order valence-electron chi connectivity index (χ1n) is 10.00. The normalized spacial score (nSPS) is 20.0. The Morgan fingerprint density at radius 1 is 0.926 bits per heavy atom. The molecule has 0 aromatic heterocycles. The topological polar surface area (TPSA) is 29.1 Å². The zero-order valence-electron chi connectivity index (χ0n) is 16.5. The predicted octanol–water partition coefficient (Wildman–Crippen LogP) is 6.88. The van der Waals surface area contributed by atoms with E-state index in [0.29, 0.717) is 6.16 Å². The maximum absolute atomic E-state index is 13.2. The third-order valence-electron chi connectivity index (χ3n) is 5.89. The number of amides is 1. The first kappa shape index (κ1) is 20.6. The first-order chi connectivity index (χ1) is 12.9. The number of nitrogens with one attached hydrogen (secondary N) is 1. The number of carbonyl (C=O) groups excluding carboxylic acids is 1. The van der Waals surface area contributed by atoms with Crippen molar-refractivity contribution in [2.75, 3.05) is 23.8 Å². The molecule has 1 aliphatic rings. The number of para-hydroxylation sites is 1. The van der Waals surface area contributed by atoms with E-state index in [1.165, 1.54) is 43.6 Å². The number of anilines is 1. The van der Waals surface area contributed by atoms with Gasteiger partial charge in [0.25, 0.3) is 0 Å². The molecule has 2 nitrogen and oxygen atoms in total. The van der Waals surface area contributed by atoms with Gasteiger partial charge in [0, 0.05) is 0 Å². The van der Waals surface area contributed by atoms with Crippen LogP contribution in [-0.4, -0.2) is 24.4 Å². The molecule has 0 aliphatic carbocycles. The predicted molar refractivity (Wildman–Crippen MR) is 124 cm³/mol. The summed E-state index contributed by atoms with van der Waals surface area (Å²) < 4.78 is 0. The number of aryl methyl sites for hydroxylation is 2. The molecule has 0 radical (unpaired) electrons. The van der Waals surface area contributed by atoms with Crippen molar-refractivity contribution in [2.45, 2.75) is 45.7 Å². The fourth-order valence-corrected chi connectivity index (χ4v) is 12.4. The van der Waals surface area contributed by atoms with Crippen molar-refractivity contribution in [3.63, 3.8) is 0 Å². The van der Waals surface area contributed by atoms with Crippen LogP contribution in [0.3, 0.4) is 0 Å². The Balaban J connectivity index is 1.86. The van der Waals surface area contributed by atoms with Gasteiger partial charge in [-0.15, -0.1) is 0 Å². The molecule has 1 aliphatic heterocycles. The van der Waals surface area contributed by atoms with Gasteiger partial charge in [0.1, 0.15) is 0 Å². The van der Waals surface area contributed by atoms with Crippen LogP contribution >= 0.6 is 20.8 Å². The van der Waals surface area contributed by atoms with E-state index in [1.54, 1.807) is 0 Å². The molecule has 1 fully saturated rings. The minimum absolute atomic E-state index is 0.166. The second-order valence-electron chi connectivity index (χ2n) is 8.30. The molecule has 3 rings (SSSR count). The zero-order valence-corrected chi connectivity index (χ0v) is 19.0. The average molecular weight is 448 g/mol. The summed E-state index contributed by atoms with van der Waals surface area (Å²) in [6, 6.07) is 16.9. The summed E-state index contributed by atoms with van der Waals surface area (Å²) in [6.45, 7) is 4.13. The molecule has 1 heterocycles. The van der Waals surface area contributed by atoms with Gasteiger partial charge in [0.2, 0.25) is 0 Å². The van der Waals surface area contributed by atoms with Gasteiger partial charge in [-0.05, 0) is 0 Å². The third-order valence-corrected chi connectivity index (χ3v) is 14.6. The van der Waals surface area contributed by atoms with Crippen LogP contribution in [0, 0.1) is 13.8 Å². The number of carbonyl (C=O) groups is 1. The van der Waals surface area contributed by atoms with Gasteiger partial charge in [0.15, 0.2) is 0 Å². The summed E-state index contributed by atoms with van der Waals surface area (Å²) in [7, 11) is 0. The van der Waals surface area contributed by atoms with Gasteiger partial charge in [-0.25, -0.2) is 0 Å². The van der Waals surface area contributed by atoms with Crippen molar-refractivity contribution >= 4 is 32.4 Å². The van der Waals surface area contributed by atoms with Crippen molar-refractivity contribution in [3.05, 3.63) is 65.2 Å². The third kappa shape index (κ3) is 5.21. The Kier molecular flexibility index (Phi) is 6.43. The van der Waals surface area contributed by atoms with Crippen LogP contribution in [0.2, 0.25) is 0 Å². The SMILES string of the molecule is Cc1cccc(C)c1NC(=O)CP1(Br)(Cc2ccccc2)CCCCCC1. The van der Waals surface area contributed by atoms with Gasteiger partial charge in [-0.2, -0.15) is 0 Å². The van der Waals surface area contributed by atoms with Crippen LogP contribution in [0.15, 0.2) is 48.5 Å². The molecule has 2 aromatic carbocycles. The van der Waals surface area contributed by atoms with Crippen molar-refractivity contribution < 1.29 is 4.79 Å². The summed E-state index contributed by atoms with van der Waals surface area (Å²) >= 11 is 4.31. The number of hydrogen-bond donors (Lipinski definition) is 1. The molecular weight excluding hydrogens is 417 g/mol. The Bertz CT molecular complexity index is 777. The van der Waals surface area contributed by atoms with Gasteiger partial charge < -0.3 is 0 Å². The van der Waals surface area contributed by atoms with E-state index < -0.39 is 5.31 Å². The Morgan fingerprint density at radius 2 is 1.52 bits per heavy atom. The number of benzene rings is 2. The van der Waals surface area contributed by atoms with Gasteiger partial charge in [-0.1, -0.05) is 0 Å². The quantitative estimate of drug-likeness (QED) is 0.497. The van der Waals surface area contributed by atoms with E-state index in [-0.39, 0.29) is 5.91 Å². The fourth-order valence-electron chi connectivity index (χ4n) is 4.44. The molecule has 4 heteroatoms. The number of halogens is 1. The Hall–Kier alpha value is -1.18. The molecule has 0 atom stereocenters. The van der Waals surface area contributed by atoms with Crippen molar-refractivity contribution in [1.29, 1.82) is 0 Å². The second kappa shape index (κ2) is 8.45. The summed E-state index contributed by atoms with van der Waals surface area (Å²) in [5.74, 6) is 0.166. The van der Waals surface area contributed by atoms with Crippen LogP contribution < -0.4 is 5.32 Å². The standard InChI is InChI=1S/C23H31BrNOP/c1-19-11-10-12-20(2)23(19)25-22(26)18-27(24,15-8-3-4-9-16-27)17-21-13-6-5-7-14-21/h5-7,10-14H,3-4,8-9,15-18H2,1-2H3,(H,25,26). The van der Waals surface area contributed by atoms with E-state index >= 15 is 0 Å². The van der Waals surface area contributed by atoms with Crippen LogP contribution in [-0.2, 0) is 11.0 Å². The van der Waals surface area contributed by atoms with Gasteiger partial charge in [-0.3, -0.25) is 0 Å². The molecule has 146 valence electrons. The van der Waals surface area contributed by atoms with Crippen LogP contribution in [0.4, 0.5) is 5.69 Å². The summed E-state index contributed by atoms with van der Waals surface area (Å²) in [5.41, 5.74) is 4.60. The number of rotatable bonds is 5. The molecule has 0 saturated carbocycles. The molecule has 0 unspecified atom stereocenters. The van der Waals surface area contributed by atoms with Crippen molar-refractivity contribution in [3.8, 4) is 0 Å². The van der Waals surface area contributed by atoms with E-state index in [0.717, 1.165) is 23.0 Å². The molecule has 1 amide bonds. The van der Waals surface area contributed by atoms with Crippen LogP contribution in [0.5, 0.6) is 0 Å². The zero-order chi connectivity index (χ0) is 19.4. The number of hydrogen-bond acceptors (Lipinski definition) is 1. The molecule has 2 aromatic rings. The van der Waals surface area contributed by atoms with Gasteiger partial charge >= 0.3 is 172 Å². The van der Waals surface area contributed by atoms with E-state index in [1.807, 2.05) is 6.07 Å². The monoisotopic (exact) mass is 447 g/mol. The fraction of sp³-hybridized carbons (Fsp3) is 0.435. The average Bonchev–Trinajstić information content (AvgIpc) is 2.81. The second-order valence-corrected chi connectivity index (χ2v) is 19.5. The van der Waals surface area contributed by atoms with Crippen LogP contribution in [0.25, 0.3) is 0 Å². The summed E-state index contributed by atoms with van der Waals surface area (Å²) in [5, 5.41) is 0.926. The molecule has 0 spiro atoms. The molecule has 27 heavy (non-hydrogen) atoms. The first-order valence-corrected chi connectivity index (χ1v) is 15.0. The Labute approximate surface area is 171 Å². The van der Waals surface area contributed by atoms with Crippen molar-refractivity contribution in [2.24, 2.45) is 0 Å². The van der Waals surface area contributed by atoms with E-state index in [2.05, 4.69) is 77.1 Å². The van der Waals surface area contributed by atoms with Gasteiger partial charge in [0.05, 0.1) is 0 Å². The van der Waals surface area contributed by atoms with Crippen molar-refractivity contribution in [1.82, 2.24) is 0 Å².